The SMILES string of the molecule is CC(C)C(=O)N1CCN(C/C=C/c2ccccc2)CC1.Cl. The van der Waals surface area contributed by atoms with E-state index in [4.69, 9.17) is 0 Å². The van der Waals surface area contributed by atoms with Crippen LogP contribution in [0.25, 0.3) is 6.08 Å². The highest BCUT2D eigenvalue weighted by Crippen LogP contribution is 2.07. The monoisotopic (exact) mass is 308 g/mol. The minimum absolute atomic E-state index is 0. The predicted octanol–water partition coefficient (Wildman–Crippen LogP) is 2.92. The minimum atomic E-state index is 0. The van der Waals surface area contributed by atoms with Gasteiger partial charge in [0, 0.05) is 38.6 Å². The molecule has 0 N–H and O–H groups in total. The van der Waals surface area contributed by atoms with Gasteiger partial charge in [0.25, 0.3) is 0 Å². The number of amides is 1. The molecule has 0 radical (unpaired) electrons. The van der Waals surface area contributed by atoms with Gasteiger partial charge in [0.15, 0.2) is 0 Å². The number of carbonyl (C=O) groups is 1. The molecule has 1 heterocycles. The molecule has 0 unspecified atom stereocenters. The van der Waals surface area contributed by atoms with Crippen molar-refractivity contribution in [2.45, 2.75) is 13.8 Å². The zero-order valence-electron chi connectivity index (χ0n) is 12.9. The molecule has 1 saturated heterocycles. The van der Waals surface area contributed by atoms with E-state index in [1.165, 1.54) is 5.56 Å². The van der Waals surface area contributed by atoms with Crippen molar-refractivity contribution >= 4 is 24.4 Å². The summed E-state index contributed by atoms with van der Waals surface area (Å²) in [7, 11) is 0. The van der Waals surface area contributed by atoms with Crippen LogP contribution in [0.15, 0.2) is 36.4 Å². The quantitative estimate of drug-likeness (QED) is 0.854. The van der Waals surface area contributed by atoms with Crippen molar-refractivity contribution in [1.82, 2.24) is 9.80 Å². The molecule has 1 aliphatic heterocycles. The van der Waals surface area contributed by atoms with Crippen LogP contribution in [0.4, 0.5) is 0 Å². The van der Waals surface area contributed by atoms with Crippen LogP contribution in [0.2, 0.25) is 0 Å². The summed E-state index contributed by atoms with van der Waals surface area (Å²) < 4.78 is 0. The highest BCUT2D eigenvalue weighted by molar-refractivity contribution is 5.85. The van der Waals surface area contributed by atoms with E-state index in [1.54, 1.807) is 0 Å². The van der Waals surface area contributed by atoms with Crippen molar-refractivity contribution in [2.24, 2.45) is 5.92 Å². The van der Waals surface area contributed by atoms with Crippen LogP contribution in [-0.2, 0) is 4.79 Å². The van der Waals surface area contributed by atoms with Gasteiger partial charge in [0.1, 0.15) is 0 Å². The lowest BCUT2D eigenvalue weighted by molar-refractivity contribution is -0.136. The van der Waals surface area contributed by atoms with Gasteiger partial charge >= 0.3 is 0 Å². The Balaban J connectivity index is 0.00000220. The molecule has 1 aliphatic rings. The summed E-state index contributed by atoms with van der Waals surface area (Å²) in [6.07, 6.45) is 4.36. The van der Waals surface area contributed by atoms with E-state index in [0.717, 1.165) is 32.7 Å². The van der Waals surface area contributed by atoms with Crippen LogP contribution in [0.1, 0.15) is 19.4 Å². The molecule has 0 spiro atoms. The first-order chi connectivity index (χ1) is 9.66. The number of nitrogens with zero attached hydrogens (tertiary/aromatic N) is 2. The molecule has 1 amide bonds. The standard InChI is InChI=1S/C17H24N2O.ClH/c1-15(2)17(20)19-13-11-18(12-14-19)10-6-9-16-7-4-3-5-8-16;/h3-9,15H,10-14H2,1-2H3;1H/b9-6+;. The Kier molecular flexibility index (Phi) is 7.48. The number of halogens is 1. The first-order valence-electron chi connectivity index (χ1n) is 7.39. The lowest BCUT2D eigenvalue weighted by Crippen LogP contribution is -2.49. The first kappa shape index (κ1) is 17.7. The third-order valence-electron chi connectivity index (χ3n) is 3.65. The molecule has 3 nitrogen and oxygen atoms in total. The van der Waals surface area contributed by atoms with Crippen molar-refractivity contribution in [3.05, 3.63) is 42.0 Å². The van der Waals surface area contributed by atoms with E-state index in [1.807, 2.05) is 24.8 Å². The third-order valence-corrected chi connectivity index (χ3v) is 3.65. The Morgan fingerprint density at radius 1 is 1.14 bits per heavy atom. The van der Waals surface area contributed by atoms with Gasteiger partial charge in [-0.25, -0.2) is 0 Å². The van der Waals surface area contributed by atoms with E-state index in [9.17, 15) is 4.79 Å². The van der Waals surface area contributed by atoms with Crippen LogP contribution in [0.3, 0.4) is 0 Å². The van der Waals surface area contributed by atoms with E-state index in [-0.39, 0.29) is 24.2 Å². The molecular weight excluding hydrogens is 284 g/mol. The maximum Gasteiger partial charge on any atom is 0.225 e. The van der Waals surface area contributed by atoms with E-state index >= 15 is 0 Å². The van der Waals surface area contributed by atoms with Gasteiger partial charge in [0.2, 0.25) is 5.91 Å². The van der Waals surface area contributed by atoms with Gasteiger partial charge in [-0.15, -0.1) is 12.4 Å². The molecule has 4 heteroatoms. The van der Waals surface area contributed by atoms with Crippen molar-refractivity contribution in [2.75, 3.05) is 32.7 Å². The largest absolute Gasteiger partial charge is 0.340 e. The lowest BCUT2D eigenvalue weighted by Gasteiger charge is -2.35. The molecule has 0 aliphatic carbocycles. The number of hydrogen-bond donors (Lipinski definition) is 0. The average molecular weight is 309 g/mol. The fourth-order valence-electron chi connectivity index (χ4n) is 2.42. The first-order valence-corrected chi connectivity index (χ1v) is 7.39. The van der Waals surface area contributed by atoms with Gasteiger partial charge in [-0.1, -0.05) is 56.3 Å². The van der Waals surface area contributed by atoms with Crippen molar-refractivity contribution < 1.29 is 4.79 Å². The topological polar surface area (TPSA) is 23.6 Å². The third kappa shape index (κ3) is 5.52. The van der Waals surface area contributed by atoms with Gasteiger partial charge in [0.05, 0.1) is 0 Å². The fourth-order valence-corrected chi connectivity index (χ4v) is 2.42. The summed E-state index contributed by atoms with van der Waals surface area (Å²) in [4.78, 5) is 16.3. The summed E-state index contributed by atoms with van der Waals surface area (Å²) in [6.45, 7) is 8.55. The second-order valence-electron chi connectivity index (χ2n) is 5.59. The number of carbonyl (C=O) groups excluding carboxylic acids is 1. The predicted molar refractivity (Wildman–Crippen MR) is 90.6 cm³/mol. The molecule has 2 rings (SSSR count). The van der Waals surface area contributed by atoms with Gasteiger partial charge in [-0.05, 0) is 5.56 Å². The molecule has 1 aromatic rings. The van der Waals surface area contributed by atoms with Crippen molar-refractivity contribution in [3.8, 4) is 0 Å². The summed E-state index contributed by atoms with van der Waals surface area (Å²) in [5.74, 6) is 0.393. The highest BCUT2D eigenvalue weighted by atomic mass is 35.5. The van der Waals surface area contributed by atoms with Crippen LogP contribution in [0, 0.1) is 5.92 Å². The Hall–Kier alpha value is -1.32. The van der Waals surface area contributed by atoms with E-state index < -0.39 is 0 Å². The molecule has 1 fully saturated rings. The molecule has 0 aromatic heterocycles. The number of rotatable bonds is 4. The maximum absolute atomic E-state index is 11.9. The van der Waals surface area contributed by atoms with Crippen LogP contribution < -0.4 is 0 Å². The maximum atomic E-state index is 11.9. The summed E-state index contributed by atoms with van der Waals surface area (Å²) in [5.41, 5.74) is 1.24. The van der Waals surface area contributed by atoms with Gasteiger partial charge in [-0.3, -0.25) is 9.69 Å². The zero-order valence-corrected chi connectivity index (χ0v) is 13.7. The molecule has 0 atom stereocenters. The smallest absolute Gasteiger partial charge is 0.225 e. The fraction of sp³-hybridized carbons (Fsp3) is 0.471. The highest BCUT2D eigenvalue weighted by Gasteiger charge is 2.21. The number of hydrogen-bond acceptors (Lipinski definition) is 2. The van der Waals surface area contributed by atoms with E-state index in [2.05, 4.69) is 41.3 Å². The Morgan fingerprint density at radius 3 is 2.33 bits per heavy atom. The summed E-state index contributed by atoms with van der Waals surface area (Å²) >= 11 is 0. The lowest BCUT2D eigenvalue weighted by atomic mass is 10.1. The second kappa shape index (κ2) is 8.85. The molecule has 21 heavy (non-hydrogen) atoms. The molecular formula is C17H25ClN2O. The van der Waals surface area contributed by atoms with Crippen LogP contribution >= 0.6 is 12.4 Å². The molecule has 116 valence electrons. The Morgan fingerprint density at radius 2 is 1.76 bits per heavy atom. The number of benzene rings is 1. The van der Waals surface area contributed by atoms with Crippen LogP contribution in [0.5, 0.6) is 0 Å². The molecule has 0 bridgehead atoms. The Bertz CT molecular complexity index is 451. The second-order valence-corrected chi connectivity index (χ2v) is 5.59. The normalized spacial score (nSPS) is 16.2. The summed E-state index contributed by atoms with van der Waals surface area (Å²) in [6, 6.07) is 10.3. The minimum Gasteiger partial charge on any atom is -0.340 e. The summed E-state index contributed by atoms with van der Waals surface area (Å²) in [5, 5.41) is 0. The molecule has 0 saturated carbocycles. The van der Waals surface area contributed by atoms with Gasteiger partial charge in [-0.2, -0.15) is 0 Å². The van der Waals surface area contributed by atoms with Gasteiger partial charge < -0.3 is 4.90 Å². The van der Waals surface area contributed by atoms with Crippen LogP contribution in [-0.4, -0.2) is 48.4 Å². The van der Waals surface area contributed by atoms with Crippen molar-refractivity contribution in [3.63, 3.8) is 0 Å². The average Bonchev–Trinajstić information content (AvgIpc) is 2.48. The van der Waals surface area contributed by atoms with Crippen molar-refractivity contribution in [1.29, 1.82) is 0 Å². The molecule has 1 aromatic carbocycles. The van der Waals surface area contributed by atoms with E-state index in [0.29, 0.717) is 0 Å². The zero-order chi connectivity index (χ0) is 14.4. The number of piperazine rings is 1. The Labute approximate surface area is 134 Å².